The van der Waals surface area contributed by atoms with Crippen LogP contribution in [0, 0.1) is 0 Å². The number of hydrogen-bond acceptors (Lipinski definition) is 7. The van der Waals surface area contributed by atoms with Gasteiger partial charge in [0.25, 0.3) is 15.9 Å². The summed E-state index contributed by atoms with van der Waals surface area (Å²) in [5.74, 6) is -0.985. The van der Waals surface area contributed by atoms with Crippen molar-refractivity contribution in [2.75, 3.05) is 6.54 Å². The van der Waals surface area contributed by atoms with Gasteiger partial charge >= 0.3 is 6.09 Å². The van der Waals surface area contributed by atoms with Crippen LogP contribution in [0.2, 0.25) is 0 Å². The van der Waals surface area contributed by atoms with Crippen LogP contribution in [0.3, 0.4) is 0 Å². The first-order valence-corrected chi connectivity index (χ1v) is 17.1. The fraction of sp³-hybridized carbons (Fsp3) is 0.270. The van der Waals surface area contributed by atoms with Crippen LogP contribution in [0.1, 0.15) is 32.8 Å². The molecule has 0 radical (unpaired) electrons. The molecule has 0 aliphatic carbocycles. The topological polar surface area (TPSA) is 131 Å². The molecule has 1 aliphatic heterocycles. The van der Waals surface area contributed by atoms with Gasteiger partial charge in [0.05, 0.1) is 11.4 Å². The highest BCUT2D eigenvalue weighted by Gasteiger charge is 2.43. The third-order valence-electron chi connectivity index (χ3n) is 7.66. The van der Waals surface area contributed by atoms with Crippen molar-refractivity contribution in [1.29, 1.82) is 0 Å². The van der Waals surface area contributed by atoms with E-state index in [-0.39, 0.29) is 24.3 Å². The molecule has 48 heavy (non-hydrogen) atoms. The molecular formula is C37H39N3O7S. The van der Waals surface area contributed by atoms with E-state index in [0.717, 1.165) is 11.1 Å². The SMILES string of the molecule is CC(C)(C)OC(=O)N1C[C@@H](Oc2ccc(-c3ccccc3)cc2)C[C@H]1C(=O)N[C@@H](Cc1ccccc1)C(=O)NS(=O)(=O)c1ccccc1. The van der Waals surface area contributed by atoms with E-state index in [1.807, 2.05) is 60.7 Å². The lowest BCUT2D eigenvalue weighted by Crippen LogP contribution is -2.54. The number of carbonyl (C=O) groups excluding carboxylic acids is 3. The lowest BCUT2D eigenvalue weighted by molar-refractivity contribution is -0.130. The predicted molar refractivity (Wildman–Crippen MR) is 181 cm³/mol. The number of rotatable bonds is 10. The van der Waals surface area contributed by atoms with Gasteiger partial charge in [-0.3, -0.25) is 14.5 Å². The van der Waals surface area contributed by atoms with Gasteiger partial charge in [-0.1, -0.05) is 91.0 Å². The van der Waals surface area contributed by atoms with Crippen molar-refractivity contribution >= 4 is 27.9 Å². The normalized spacial score (nSPS) is 16.9. The molecule has 1 aliphatic rings. The zero-order valence-corrected chi connectivity index (χ0v) is 27.9. The molecule has 3 amide bonds. The molecule has 0 bridgehead atoms. The molecule has 0 spiro atoms. The first-order chi connectivity index (χ1) is 22.9. The molecule has 4 aromatic carbocycles. The highest BCUT2D eigenvalue weighted by atomic mass is 32.2. The van der Waals surface area contributed by atoms with E-state index in [9.17, 15) is 22.8 Å². The number of amides is 3. The van der Waals surface area contributed by atoms with Gasteiger partial charge < -0.3 is 14.8 Å². The molecule has 4 aromatic rings. The number of likely N-dealkylation sites (tertiary alicyclic amines) is 1. The minimum Gasteiger partial charge on any atom is -0.488 e. The maximum atomic E-state index is 13.9. The van der Waals surface area contributed by atoms with Crippen molar-refractivity contribution in [1.82, 2.24) is 14.9 Å². The maximum Gasteiger partial charge on any atom is 0.411 e. The van der Waals surface area contributed by atoms with Crippen LogP contribution >= 0.6 is 0 Å². The first kappa shape index (κ1) is 34.2. The largest absolute Gasteiger partial charge is 0.488 e. The van der Waals surface area contributed by atoms with Crippen molar-refractivity contribution in [3.63, 3.8) is 0 Å². The van der Waals surface area contributed by atoms with E-state index in [2.05, 4.69) is 10.0 Å². The summed E-state index contributed by atoms with van der Waals surface area (Å²) in [5.41, 5.74) is 1.94. The number of ether oxygens (including phenoxy) is 2. The molecule has 3 atom stereocenters. The van der Waals surface area contributed by atoms with E-state index in [1.54, 1.807) is 63.2 Å². The fourth-order valence-corrected chi connectivity index (χ4v) is 6.43. The van der Waals surface area contributed by atoms with Crippen molar-refractivity contribution in [2.24, 2.45) is 0 Å². The number of nitrogens with zero attached hydrogens (tertiary/aromatic N) is 1. The Hall–Kier alpha value is -5.16. The van der Waals surface area contributed by atoms with Crippen molar-refractivity contribution in [3.05, 3.63) is 121 Å². The maximum absolute atomic E-state index is 13.9. The Kier molecular flexibility index (Phi) is 10.5. The van der Waals surface area contributed by atoms with Gasteiger partial charge in [0, 0.05) is 12.8 Å². The number of carbonyl (C=O) groups is 3. The molecule has 0 aromatic heterocycles. The number of sulfonamides is 1. The Morgan fingerprint density at radius 3 is 1.98 bits per heavy atom. The van der Waals surface area contributed by atoms with Crippen LogP contribution in [-0.4, -0.2) is 61.6 Å². The lowest BCUT2D eigenvalue weighted by atomic mass is 10.0. The Morgan fingerprint density at radius 1 is 0.812 bits per heavy atom. The minimum atomic E-state index is -4.22. The van der Waals surface area contributed by atoms with Crippen LogP contribution in [0.15, 0.2) is 120 Å². The van der Waals surface area contributed by atoms with Crippen molar-refractivity contribution < 1.29 is 32.3 Å². The molecule has 1 fully saturated rings. The zero-order valence-electron chi connectivity index (χ0n) is 27.0. The average molecular weight is 670 g/mol. The second-order valence-corrected chi connectivity index (χ2v) is 14.2. The Morgan fingerprint density at radius 2 is 1.38 bits per heavy atom. The Balaban J connectivity index is 1.35. The molecule has 0 unspecified atom stereocenters. The Labute approximate surface area is 281 Å². The van der Waals surface area contributed by atoms with Gasteiger partial charge in [-0.25, -0.2) is 17.9 Å². The number of nitrogens with one attached hydrogen (secondary N) is 2. The fourth-order valence-electron chi connectivity index (χ4n) is 5.39. The lowest BCUT2D eigenvalue weighted by Gasteiger charge is -2.28. The smallest absolute Gasteiger partial charge is 0.411 e. The van der Waals surface area contributed by atoms with Crippen LogP contribution in [0.4, 0.5) is 4.79 Å². The molecule has 11 heteroatoms. The molecule has 5 rings (SSSR count). The minimum absolute atomic E-state index is 0.00950. The first-order valence-electron chi connectivity index (χ1n) is 15.7. The van der Waals surface area contributed by atoms with E-state index in [0.29, 0.717) is 11.3 Å². The highest BCUT2D eigenvalue weighted by molar-refractivity contribution is 7.90. The van der Waals surface area contributed by atoms with E-state index < -0.39 is 51.7 Å². The summed E-state index contributed by atoms with van der Waals surface area (Å²) in [6.45, 7) is 5.24. The summed E-state index contributed by atoms with van der Waals surface area (Å²) in [4.78, 5) is 42.0. The Bertz CT molecular complexity index is 1810. The third-order valence-corrected chi connectivity index (χ3v) is 9.02. The standard InChI is InChI=1S/C37H39N3O7S/c1-37(2,3)47-36(43)40-25-30(46-29-21-19-28(20-22-29)27-15-9-5-10-16-27)24-33(40)35(42)38-32(23-26-13-7-4-8-14-26)34(41)39-48(44,45)31-17-11-6-12-18-31/h4-22,30,32-33H,23-25H2,1-3H3,(H,38,42)(H,39,41)/t30-,32-,33-/m0/s1. The molecule has 0 saturated carbocycles. The molecule has 10 nitrogen and oxygen atoms in total. The monoisotopic (exact) mass is 669 g/mol. The van der Waals surface area contributed by atoms with Gasteiger partial charge in [-0.05, 0) is 61.7 Å². The second kappa shape index (κ2) is 14.7. The molecule has 1 heterocycles. The van der Waals surface area contributed by atoms with Gasteiger partial charge in [-0.2, -0.15) is 0 Å². The molecule has 2 N–H and O–H groups in total. The van der Waals surface area contributed by atoms with Crippen LogP contribution in [0.5, 0.6) is 5.75 Å². The third kappa shape index (κ3) is 9.01. The van der Waals surface area contributed by atoms with Gasteiger partial charge in [0.15, 0.2) is 0 Å². The van der Waals surface area contributed by atoms with Crippen LogP contribution < -0.4 is 14.8 Å². The van der Waals surface area contributed by atoms with Crippen LogP contribution in [-0.2, 0) is 30.8 Å². The summed E-state index contributed by atoms with van der Waals surface area (Å²) < 4.78 is 40.0. The summed E-state index contributed by atoms with van der Waals surface area (Å²) in [6, 6.07) is 31.5. The van der Waals surface area contributed by atoms with E-state index in [4.69, 9.17) is 9.47 Å². The molecular weight excluding hydrogens is 630 g/mol. The van der Waals surface area contributed by atoms with Gasteiger partial charge in [0.2, 0.25) is 5.91 Å². The second-order valence-electron chi connectivity index (χ2n) is 12.5. The summed E-state index contributed by atoms with van der Waals surface area (Å²) in [6.07, 6.45) is -1.14. The van der Waals surface area contributed by atoms with Gasteiger partial charge in [-0.15, -0.1) is 0 Å². The van der Waals surface area contributed by atoms with E-state index >= 15 is 0 Å². The summed E-state index contributed by atoms with van der Waals surface area (Å²) >= 11 is 0. The molecule has 250 valence electrons. The van der Waals surface area contributed by atoms with Crippen molar-refractivity contribution in [3.8, 4) is 16.9 Å². The zero-order chi connectivity index (χ0) is 34.3. The summed E-state index contributed by atoms with van der Waals surface area (Å²) in [5, 5.41) is 2.72. The predicted octanol–water partition coefficient (Wildman–Crippen LogP) is 5.34. The molecule has 1 saturated heterocycles. The number of benzene rings is 4. The number of hydrogen-bond donors (Lipinski definition) is 2. The average Bonchev–Trinajstić information content (AvgIpc) is 3.49. The highest BCUT2D eigenvalue weighted by Crippen LogP contribution is 2.28. The summed E-state index contributed by atoms with van der Waals surface area (Å²) in [7, 11) is -4.22. The quantitative estimate of drug-likeness (QED) is 0.233. The van der Waals surface area contributed by atoms with Crippen molar-refractivity contribution in [2.45, 2.75) is 62.3 Å². The van der Waals surface area contributed by atoms with Gasteiger partial charge in [0.1, 0.15) is 29.5 Å². The van der Waals surface area contributed by atoms with E-state index in [1.165, 1.54) is 17.0 Å². The van der Waals surface area contributed by atoms with Crippen LogP contribution in [0.25, 0.3) is 11.1 Å².